The lowest BCUT2D eigenvalue weighted by atomic mass is 10.0. The van der Waals surface area contributed by atoms with E-state index >= 15 is 0 Å². The van der Waals surface area contributed by atoms with Gasteiger partial charge >= 0.3 is 0 Å². The van der Waals surface area contributed by atoms with Crippen molar-refractivity contribution in [2.24, 2.45) is 0 Å². The van der Waals surface area contributed by atoms with Crippen LogP contribution >= 0.6 is 11.8 Å². The second-order valence-electron chi connectivity index (χ2n) is 5.78. The highest BCUT2D eigenvalue weighted by atomic mass is 32.2. The van der Waals surface area contributed by atoms with Gasteiger partial charge in [-0.25, -0.2) is 4.98 Å². The second kappa shape index (κ2) is 7.05. The lowest BCUT2D eigenvalue weighted by Gasteiger charge is -2.12. The van der Waals surface area contributed by atoms with Crippen molar-refractivity contribution in [1.29, 1.82) is 0 Å². The number of hydrogen-bond acceptors (Lipinski definition) is 5. The van der Waals surface area contributed by atoms with E-state index in [4.69, 9.17) is 0 Å². The van der Waals surface area contributed by atoms with Crippen molar-refractivity contribution in [2.45, 2.75) is 9.92 Å². The van der Waals surface area contributed by atoms with Crippen molar-refractivity contribution in [3.63, 3.8) is 0 Å². The number of non-ortho nitro benzene ring substituents is 1. The van der Waals surface area contributed by atoms with Crippen LogP contribution in [0.3, 0.4) is 0 Å². The first-order valence-electron chi connectivity index (χ1n) is 8.12. The third-order valence-electron chi connectivity index (χ3n) is 4.07. The average molecular weight is 375 g/mol. The van der Waals surface area contributed by atoms with Crippen LogP contribution in [0.1, 0.15) is 0 Å². The van der Waals surface area contributed by atoms with Crippen LogP contribution in [0.4, 0.5) is 5.69 Å². The summed E-state index contributed by atoms with van der Waals surface area (Å²) in [7, 11) is 0. The number of nitro benzene ring substituents is 1. The van der Waals surface area contributed by atoms with Gasteiger partial charge in [0.15, 0.2) is 0 Å². The Kier molecular flexibility index (Phi) is 4.43. The first-order valence-corrected chi connectivity index (χ1v) is 8.94. The molecule has 0 bridgehead atoms. The topological polar surface area (TPSA) is 88.9 Å². The smallest absolute Gasteiger partial charge is 0.271 e. The van der Waals surface area contributed by atoms with Gasteiger partial charge in [0.25, 0.3) is 11.2 Å². The zero-order valence-electron chi connectivity index (χ0n) is 14.0. The summed E-state index contributed by atoms with van der Waals surface area (Å²) in [6.07, 6.45) is 1.67. The number of aromatic nitrogens is 2. The van der Waals surface area contributed by atoms with Gasteiger partial charge in [0.1, 0.15) is 5.03 Å². The molecule has 0 amide bonds. The fraction of sp³-hybridized carbons (Fsp3) is 0. The summed E-state index contributed by atoms with van der Waals surface area (Å²) in [5.41, 5.74) is 1.65. The Labute approximate surface area is 158 Å². The average Bonchev–Trinajstić information content (AvgIpc) is 2.69. The molecule has 0 radical (unpaired) electrons. The van der Waals surface area contributed by atoms with Gasteiger partial charge in [-0.05, 0) is 23.8 Å². The molecule has 7 heteroatoms. The lowest BCUT2D eigenvalue weighted by molar-refractivity contribution is -0.384. The quantitative estimate of drug-likeness (QED) is 0.414. The molecule has 0 aliphatic carbocycles. The highest BCUT2D eigenvalue weighted by Crippen LogP contribution is 2.37. The van der Waals surface area contributed by atoms with Crippen molar-refractivity contribution in [3.8, 4) is 11.1 Å². The molecule has 0 fully saturated rings. The van der Waals surface area contributed by atoms with Crippen LogP contribution in [-0.4, -0.2) is 14.9 Å². The Hall–Kier alpha value is -3.45. The summed E-state index contributed by atoms with van der Waals surface area (Å²) in [5.74, 6) is 0. The van der Waals surface area contributed by atoms with Crippen LogP contribution in [0.15, 0.2) is 87.6 Å². The van der Waals surface area contributed by atoms with Gasteiger partial charge in [-0.2, -0.15) is 0 Å². The third-order valence-corrected chi connectivity index (χ3v) is 5.12. The maximum absolute atomic E-state index is 12.8. The summed E-state index contributed by atoms with van der Waals surface area (Å²) < 4.78 is 0. The van der Waals surface area contributed by atoms with Crippen molar-refractivity contribution in [3.05, 3.63) is 93.4 Å². The van der Waals surface area contributed by atoms with Crippen LogP contribution in [0.25, 0.3) is 22.0 Å². The van der Waals surface area contributed by atoms with E-state index in [0.717, 1.165) is 16.5 Å². The highest BCUT2D eigenvalue weighted by molar-refractivity contribution is 7.99. The molecular weight excluding hydrogens is 362 g/mol. The molecule has 1 N–H and O–H groups in total. The molecule has 4 aromatic rings. The number of rotatable bonds is 4. The summed E-state index contributed by atoms with van der Waals surface area (Å²) in [4.78, 5) is 31.0. The molecule has 6 nitrogen and oxygen atoms in total. The standard InChI is InChI=1S/C20H13N3O3S/c24-20-19(27-17-8-4-5-11-21-17)18(13-6-2-1-3-7-13)15-10-9-14(23(25)26)12-16(15)22-20/h1-12H,(H,22,24). The Morgan fingerprint density at radius 3 is 2.48 bits per heavy atom. The third kappa shape index (κ3) is 3.32. The number of H-pyrrole nitrogens is 1. The number of aromatic amines is 1. The van der Waals surface area contributed by atoms with Crippen molar-refractivity contribution < 1.29 is 4.92 Å². The molecule has 2 aromatic heterocycles. The molecule has 27 heavy (non-hydrogen) atoms. The Balaban J connectivity index is 2.01. The maximum Gasteiger partial charge on any atom is 0.271 e. The molecule has 0 aliphatic heterocycles. The van der Waals surface area contributed by atoms with Gasteiger partial charge in [0.05, 0.1) is 15.3 Å². The van der Waals surface area contributed by atoms with Gasteiger partial charge in [-0.15, -0.1) is 0 Å². The molecule has 0 saturated carbocycles. The molecule has 0 atom stereocenters. The van der Waals surface area contributed by atoms with E-state index in [1.165, 1.54) is 23.9 Å². The van der Waals surface area contributed by atoms with Gasteiger partial charge in [0, 0.05) is 29.3 Å². The summed E-state index contributed by atoms with van der Waals surface area (Å²) in [5, 5.41) is 12.5. The van der Waals surface area contributed by atoms with Crippen molar-refractivity contribution >= 4 is 28.4 Å². The fourth-order valence-corrected chi connectivity index (χ4v) is 3.83. The monoisotopic (exact) mass is 375 g/mol. The first-order chi connectivity index (χ1) is 13.1. The van der Waals surface area contributed by atoms with Crippen LogP contribution in [0, 0.1) is 10.1 Å². The molecule has 2 heterocycles. The van der Waals surface area contributed by atoms with E-state index in [9.17, 15) is 14.9 Å². The second-order valence-corrected chi connectivity index (χ2v) is 6.81. The van der Waals surface area contributed by atoms with Crippen molar-refractivity contribution in [2.75, 3.05) is 0 Å². The minimum atomic E-state index is -0.476. The fourth-order valence-electron chi connectivity index (χ4n) is 2.88. The minimum Gasteiger partial charge on any atom is -0.321 e. The molecule has 4 rings (SSSR count). The van der Waals surface area contributed by atoms with E-state index in [1.54, 1.807) is 12.3 Å². The zero-order valence-corrected chi connectivity index (χ0v) is 14.8. The number of benzene rings is 2. The molecule has 0 unspecified atom stereocenters. The number of hydrogen-bond donors (Lipinski definition) is 1. The summed E-state index contributed by atoms with van der Waals surface area (Å²) >= 11 is 1.27. The molecule has 0 spiro atoms. The summed E-state index contributed by atoms with van der Waals surface area (Å²) in [6.45, 7) is 0. The van der Waals surface area contributed by atoms with Crippen LogP contribution in [-0.2, 0) is 0 Å². The first kappa shape index (κ1) is 17.0. The van der Waals surface area contributed by atoms with E-state index in [2.05, 4.69) is 9.97 Å². The number of fused-ring (bicyclic) bond motifs is 1. The van der Waals surface area contributed by atoms with Crippen molar-refractivity contribution in [1.82, 2.24) is 9.97 Å². The number of nitrogens with zero attached hydrogens (tertiary/aromatic N) is 2. The molecular formula is C20H13N3O3S. The SMILES string of the molecule is O=c1[nH]c2cc([N+](=O)[O-])ccc2c(-c2ccccc2)c1Sc1ccccn1. The number of nitro groups is 1. The number of nitrogens with one attached hydrogen (secondary N) is 1. The Bertz CT molecular complexity index is 1190. The molecule has 0 saturated heterocycles. The Morgan fingerprint density at radius 1 is 1.00 bits per heavy atom. The van der Waals surface area contributed by atoms with Crippen LogP contribution < -0.4 is 5.56 Å². The normalized spacial score (nSPS) is 10.8. The molecule has 0 aliphatic rings. The minimum absolute atomic E-state index is 0.0673. The molecule has 132 valence electrons. The summed E-state index contributed by atoms with van der Waals surface area (Å²) in [6, 6.07) is 19.5. The molecule has 2 aromatic carbocycles. The van der Waals surface area contributed by atoms with Gasteiger partial charge in [-0.1, -0.05) is 48.2 Å². The Morgan fingerprint density at radius 2 is 1.78 bits per heavy atom. The van der Waals surface area contributed by atoms with E-state index in [0.29, 0.717) is 15.4 Å². The van der Waals surface area contributed by atoms with Gasteiger partial charge < -0.3 is 4.98 Å². The predicted octanol–water partition coefficient (Wildman–Crippen LogP) is 4.65. The van der Waals surface area contributed by atoms with Gasteiger partial charge in [-0.3, -0.25) is 14.9 Å². The lowest BCUT2D eigenvalue weighted by Crippen LogP contribution is -2.11. The largest absolute Gasteiger partial charge is 0.321 e. The van der Waals surface area contributed by atoms with E-state index in [-0.39, 0.29) is 11.2 Å². The van der Waals surface area contributed by atoms with E-state index in [1.807, 2.05) is 48.5 Å². The number of pyridine rings is 2. The predicted molar refractivity (Wildman–Crippen MR) is 105 cm³/mol. The van der Waals surface area contributed by atoms with E-state index < -0.39 is 4.92 Å². The van der Waals surface area contributed by atoms with Gasteiger partial charge in [0.2, 0.25) is 0 Å². The zero-order chi connectivity index (χ0) is 18.8. The van der Waals surface area contributed by atoms with Crippen LogP contribution in [0.5, 0.6) is 0 Å². The maximum atomic E-state index is 12.8. The van der Waals surface area contributed by atoms with Crippen LogP contribution in [0.2, 0.25) is 0 Å². The highest BCUT2D eigenvalue weighted by Gasteiger charge is 2.18.